The highest BCUT2D eigenvalue weighted by molar-refractivity contribution is 9.10. The van der Waals surface area contributed by atoms with E-state index < -0.39 is 0 Å². The van der Waals surface area contributed by atoms with Crippen LogP contribution in [0.4, 0.5) is 0 Å². The number of fused-ring (bicyclic) bond motifs is 2. The highest BCUT2D eigenvalue weighted by atomic mass is 79.9. The SMILES string of the molecule is Brc1ccncc1.C1CCOC1.C=CCCCO.Cl.OCCCCCc1ccncc1.[B]1C2CCCC1CCC2. The fourth-order valence-corrected chi connectivity index (χ4v) is 4.83. The zero-order valence-corrected chi connectivity index (χ0v) is 26.7. The monoisotopic (exact) mass is 637 g/mol. The number of aryl methyl sites for hydroxylation is 1. The predicted molar refractivity (Wildman–Crippen MR) is 176 cm³/mol. The van der Waals surface area contributed by atoms with Crippen molar-refractivity contribution in [2.75, 3.05) is 26.4 Å². The van der Waals surface area contributed by atoms with Crippen molar-refractivity contribution in [2.45, 2.75) is 102 Å². The molecule has 0 atom stereocenters. The number of hydrogen-bond acceptors (Lipinski definition) is 5. The smallest absolute Gasteiger partial charge is 0.117 e. The van der Waals surface area contributed by atoms with Crippen LogP contribution in [0.2, 0.25) is 11.6 Å². The van der Waals surface area contributed by atoms with Gasteiger partial charge in [-0.1, -0.05) is 78.6 Å². The summed E-state index contributed by atoms with van der Waals surface area (Å²) in [6.45, 7) is 6.09. The van der Waals surface area contributed by atoms with E-state index in [1.54, 1.807) is 18.5 Å². The molecule has 0 spiro atoms. The molecule has 3 aliphatic heterocycles. The van der Waals surface area contributed by atoms with Crippen LogP contribution in [0, 0.1) is 0 Å². The van der Waals surface area contributed by atoms with Crippen LogP contribution in [0.5, 0.6) is 0 Å². The van der Waals surface area contributed by atoms with E-state index >= 15 is 0 Å². The molecule has 0 amide bonds. The molecule has 5 nitrogen and oxygen atoms in total. The van der Waals surface area contributed by atoms with E-state index in [-0.39, 0.29) is 19.0 Å². The predicted octanol–water partition coefficient (Wildman–Crippen LogP) is 8.43. The molecule has 5 rings (SSSR count). The van der Waals surface area contributed by atoms with Gasteiger partial charge in [-0.25, -0.2) is 0 Å². The Balaban J connectivity index is 0.000000489. The molecule has 2 N–H and O–H groups in total. The van der Waals surface area contributed by atoms with Crippen molar-refractivity contribution in [3.8, 4) is 0 Å². The van der Waals surface area contributed by atoms with Crippen molar-refractivity contribution >= 4 is 35.6 Å². The first-order valence-electron chi connectivity index (χ1n) is 14.9. The maximum absolute atomic E-state index is 8.55. The molecule has 40 heavy (non-hydrogen) atoms. The number of halogens is 2. The second kappa shape index (κ2) is 29.3. The lowest BCUT2D eigenvalue weighted by atomic mass is 9.44. The Morgan fingerprint density at radius 3 is 1.68 bits per heavy atom. The van der Waals surface area contributed by atoms with Gasteiger partial charge in [-0.2, -0.15) is 0 Å². The summed E-state index contributed by atoms with van der Waals surface area (Å²) in [5.74, 6) is 2.05. The van der Waals surface area contributed by atoms with E-state index in [9.17, 15) is 0 Å². The number of unbranched alkanes of at least 4 members (excludes halogenated alkanes) is 3. The van der Waals surface area contributed by atoms with Gasteiger partial charge in [-0.15, -0.1) is 19.0 Å². The number of rotatable bonds is 8. The van der Waals surface area contributed by atoms with Gasteiger partial charge in [0.1, 0.15) is 7.28 Å². The molecule has 2 aromatic rings. The summed E-state index contributed by atoms with van der Waals surface area (Å²) in [5.41, 5.74) is 1.34. The highest BCUT2D eigenvalue weighted by Crippen LogP contribution is 2.40. The maximum atomic E-state index is 8.55. The molecule has 225 valence electrons. The first-order chi connectivity index (χ1) is 19.2. The molecule has 5 heterocycles. The minimum Gasteiger partial charge on any atom is -0.396 e. The Morgan fingerprint density at radius 2 is 1.32 bits per heavy atom. The topological polar surface area (TPSA) is 75.5 Å². The summed E-state index contributed by atoms with van der Waals surface area (Å²) in [4.78, 5) is 7.77. The molecule has 0 saturated carbocycles. The Kier molecular flexibility index (Phi) is 28.3. The van der Waals surface area contributed by atoms with E-state index in [0.717, 1.165) is 67.8 Å². The third-order valence-corrected chi connectivity index (χ3v) is 7.28. The molecule has 3 aliphatic rings. The molecule has 2 aromatic heterocycles. The van der Waals surface area contributed by atoms with Gasteiger partial charge < -0.3 is 14.9 Å². The van der Waals surface area contributed by atoms with E-state index in [1.807, 2.05) is 36.7 Å². The first-order valence-corrected chi connectivity index (χ1v) is 15.7. The Bertz CT molecular complexity index is 761. The zero-order valence-electron chi connectivity index (χ0n) is 24.3. The maximum Gasteiger partial charge on any atom is 0.117 e. The standard InChI is InChI=1S/C10H15NO.C8H14B.C5H4BrN.C5H10O.C4H8O.ClH/c12-9-3-1-2-4-10-5-7-11-8-6-10;1-3-7-5-2-6-8(4-1)9-7;6-5-1-3-7-4-2-5;1-2-3-4-5-6;1-2-4-5-3-1;/h5-8,12H,1-4,9H2;7-8H,1-6H2;1-4H;2,6H,1,3-5H2;1-4H2;1H. The summed E-state index contributed by atoms with van der Waals surface area (Å²) >= 11 is 3.27. The number of nitrogens with zero attached hydrogens (tertiary/aromatic N) is 2. The van der Waals surface area contributed by atoms with E-state index in [0.29, 0.717) is 6.61 Å². The van der Waals surface area contributed by atoms with Crippen molar-refractivity contribution in [2.24, 2.45) is 0 Å². The van der Waals surface area contributed by atoms with Gasteiger partial charge in [0.05, 0.1) is 0 Å². The molecular formula is C32H52BBrClN2O3. The second-order valence-electron chi connectivity index (χ2n) is 10.1. The summed E-state index contributed by atoms with van der Waals surface area (Å²) in [6, 6.07) is 7.86. The zero-order chi connectivity index (χ0) is 28.2. The fraction of sp³-hybridized carbons (Fsp3) is 0.625. The van der Waals surface area contributed by atoms with Gasteiger partial charge in [0, 0.05) is 55.7 Å². The largest absolute Gasteiger partial charge is 0.396 e. The lowest BCUT2D eigenvalue weighted by molar-refractivity contribution is 0.198. The second-order valence-corrected chi connectivity index (χ2v) is 11.0. The van der Waals surface area contributed by atoms with Crippen LogP contribution >= 0.6 is 28.3 Å². The Hall–Kier alpha value is -1.25. The van der Waals surface area contributed by atoms with Crippen molar-refractivity contribution in [3.63, 3.8) is 0 Å². The fourth-order valence-electron chi connectivity index (χ4n) is 4.59. The van der Waals surface area contributed by atoms with Crippen molar-refractivity contribution in [1.82, 2.24) is 9.97 Å². The van der Waals surface area contributed by atoms with Crippen LogP contribution in [-0.4, -0.2) is 53.9 Å². The molecule has 0 aliphatic carbocycles. The number of aromatic nitrogens is 2. The minimum atomic E-state index is 0. The number of aliphatic hydroxyl groups is 2. The van der Waals surface area contributed by atoms with Gasteiger partial charge >= 0.3 is 0 Å². The van der Waals surface area contributed by atoms with Gasteiger partial charge in [0.15, 0.2) is 0 Å². The highest BCUT2D eigenvalue weighted by Gasteiger charge is 2.26. The molecule has 8 heteroatoms. The van der Waals surface area contributed by atoms with Crippen molar-refractivity contribution in [1.29, 1.82) is 0 Å². The molecule has 3 fully saturated rings. The van der Waals surface area contributed by atoms with Gasteiger partial charge in [0.2, 0.25) is 0 Å². The van der Waals surface area contributed by atoms with Crippen LogP contribution in [0.3, 0.4) is 0 Å². The molecule has 3 saturated heterocycles. The number of ether oxygens (including phenoxy) is 1. The average Bonchev–Trinajstić information content (AvgIpc) is 3.57. The van der Waals surface area contributed by atoms with Crippen LogP contribution in [0.15, 0.2) is 66.2 Å². The third-order valence-electron chi connectivity index (χ3n) is 6.75. The summed E-state index contributed by atoms with van der Waals surface area (Å²) in [7, 11) is 2.62. The molecular weight excluding hydrogens is 587 g/mol. The normalized spacial score (nSPS) is 18.2. The summed E-state index contributed by atoms with van der Waals surface area (Å²) in [5, 5.41) is 16.7. The lowest BCUT2D eigenvalue weighted by Crippen LogP contribution is -2.21. The summed E-state index contributed by atoms with van der Waals surface area (Å²) in [6.07, 6.45) is 26.5. The van der Waals surface area contributed by atoms with Crippen LogP contribution in [-0.2, 0) is 11.2 Å². The Labute approximate surface area is 259 Å². The number of hydrogen-bond donors (Lipinski definition) is 2. The van der Waals surface area contributed by atoms with Gasteiger partial charge in [-0.3, -0.25) is 9.97 Å². The van der Waals surface area contributed by atoms with Crippen LogP contribution < -0.4 is 0 Å². The third kappa shape index (κ3) is 23.5. The molecule has 1 radical (unpaired) electrons. The molecule has 0 unspecified atom stereocenters. The quantitative estimate of drug-likeness (QED) is 0.172. The van der Waals surface area contributed by atoms with E-state index in [2.05, 4.69) is 39.8 Å². The first kappa shape index (κ1) is 38.8. The van der Waals surface area contributed by atoms with Crippen LogP contribution in [0.1, 0.15) is 89.0 Å². The Morgan fingerprint density at radius 1 is 0.800 bits per heavy atom. The average molecular weight is 639 g/mol. The van der Waals surface area contributed by atoms with Crippen LogP contribution in [0.25, 0.3) is 0 Å². The van der Waals surface area contributed by atoms with E-state index in [1.165, 1.54) is 56.9 Å². The van der Waals surface area contributed by atoms with Gasteiger partial charge in [-0.05, 0) is 74.8 Å². The van der Waals surface area contributed by atoms with Crippen molar-refractivity contribution in [3.05, 3.63) is 71.7 Å². The number of allylic oxidation sites excluding steroid dienone is 1. The summed E-state index contributed by atoms with van der Waals surface area (Å²) < 4.78 is 6.02. The number of aliphatic hydroxyl groups excluding tert-OH is 2. The van der Waals surface area contributed by atoms with E-state index in [4.69, 9.17) is 14.9 Å². The van der Waals surface area contributed by atoms with Crippen molar-refractivity contribution < 1.29 is 14.9 Å². The molecule has 0 aromatic carbocycles. The van der Waals surface area contributed by atoms with Gasteiger partial charge in [0.25, 0.3) is 0 Å². The minimum absolute atomic E-state index is 0. The number of pyridine rings is 2. The molecule has 2 bridgehead atoms. The lowest BCUT2D eigenvalue weighted by Gasteiger charge is -2.33.